The monoisotopic (exact) mass is 245 g/mol. The van der Waals surface area contributed by atoms with Gasteiger partial charge in [-0.1, -0.05) is 19.8 Å². The van der Waals surface area contributed by atoms with Crippen molar-refractivity contribution in [3.05, 3.63) is 0 Å². The summed E-state index contributed by atoms with van der Waals surface area (Å²) in [6.07, 6.45) is 2.53. The number of nitrogens with one attached hydrogen (secondary N) is 1. The summed E-state index contributed by atoms with van der Waals surface area (Å²) in [6.45, 7) is 2.00. The maximum Gasteiger partial charge on any atom is 0.326 e. The lowest BCUT2D eigenvalue weighted by Gasteiger charge is -2.13. The van der Waals surface area contributed by atoms with Crippen LogP contribution in [-0.4, -0.2) is 34.1 Å². The molecule has 1 atom stereocenters. The molecule has 0 aliphatic heterocycles. The Labute approximate surface area is 100 Å². The van der Waals surface area contributed by atoms with E-state index in [1.165, 1.54) is 0 Å². The van der Waals surface area contributed by atoms with Crippen LogP contribution in [0, 0.1) is 0 Å². The van der Waals surface area contributed by atoms with E-state index in [1.54, 1.807) is 0 Å². The van der Waals surface area contributed by atoms with Gasteiger partial charge in [0.25, 0.3) is 0 Å². The highest BCUT2D eigenvalue weighted by Crippen LogP contribution is 2.02. The molecule has 0 aromatic carbocycles. The van der Waals surface area contributed by atoms with Gasteiger partial charge in [0.05, 0.1) is 0 Å². The molecule has 98 valence electrons. The van der Waals surface area contributed by atoms with Crippen LogP contribution in [0.5, 0.6) is 0 Å². The summed E-state index contributed by atoms with van der Waals surface area (Å²) in [5.74, 6) is -2.61. The molecular formula is C11H19NO5. The first-order valence-corrected chi connectivity index (χ1v) is 5.71. The smallest absolute Gasteiger partial charge is 0.326 e. The Morgan fingerprint density at radius 1 is 1.12 bits per heavy atom. The highest BCUT2D eigenvalue weighted by molar-refractivity contribution is 5.83. The number of hydrogen-bond acceptors (Lipinski definition) is 3. The summed E-state index contributed by atoms with van der Waals surface area (Å²) in [5, 5.41) is 19.6. The number of carbonyl (C=O) groups is 3. The average Bonchev–Trinajstić information content (AvgIpc) is 2.23. The Kier molecular flexibility index (Phi) is 7.75. The molecule has 6 nitrogen and oxygen atoms in total. The molecule has 0 radical (unpaired) electrons. The molecule has 17 heavy (non-hydrogen) atoms. The summed E-state index contributed by atoms with van der Waals surface area (Å²) in [7, 11) is 0. The van der Waals surface area contributed by atoms with Crippen molar-refractivity contribution in [1.82, 2.24) is 5.32 Å². The van der Waals surface area contributed by atoms with Crippen LogP contribution < -0.4 is 5.32 Å². The molecule has 0 fully saturated rings. The fraction of sp³-hybridized carbons (Fsp3) is 0.727. The number of unbranched alkanes of at least 4 members (excludes halogenated alkanes) is 2. The summed E-state index contributed by atoms with van der Waals surface area (Å²) in [6, 6.07) is -1.11. The second kappa shape index (κ2) is 8.55. The highest BCUT2D eigenvalue weighted by Gasteiger charge is 2.20. The van der Waals surface area contributed by atoms with Gasteiger partial charge in [0.15, 0.2) is 0 Å². The third kappa shape index (κ3) is 8.24. The molecule has 0 spiro atoms. The third-order valence-electron chi connectivity index (χ3n) is 2.29. The Morgan fingerprint density at radius 3 is 2.24 bits per heavy atom. The zero-order chi connectivity index (χ0) is 13.3. The Hall–Kier alpha value is -1.59. The first-order chi connectivity index (χ1) is 7.97. The summed E-state index contributed by atoms with van der Waals surface area (Å²) in [5.41, 5.74) is 0. The van der Waals surface area contributed by atoms with Crippen molar-refractivity contribution in [2.75, 3.05) is 0 Å². The highest BCUT2D eigenvalue weighted by atomic mass is 16.4. The molecule has 0 rings (SSSR count). The van der Waals surface area contributed by atoms with Crippen LogP contribution in [0.2, 0.25) is 0 Å². The van der Waals surface area contributed by atoms with E-state index in [1.807, 2.05) is 6.92 Å². The molecule has 1 amide bonds. The molecule has 0 bridgehead atoms. The van der Waals surface area contributed by atoms with E-state index in [-0.39, 0.29) is 25.2 Å². The lowest BCUT2D eigenvalue weighted by Crippen LogP contribution is -2.41. The van der Waals surface area contributed by atoms with Crippen molar-refractivity contribution in [2.45, 2.75) is 51.5 Å². The van der Waals surface area contributed by atoms with Gasteiger partial charge in [-0.05, 0) is 12.8 Å². The zero-order valence-corrected chi connectivity index (χ0v) is 9.94. The molecular weight excluding hydrogens is 226 g/mol. The van der Waals surface area contributed by atoms with Gasteiger partial charge in [0.2, 0.25) is 5.91 Å². The van der Waals surface area contributed by atoms with Crippen molar-refractivity contribution in [2.24, 2.45) is 0 Å². The number of amides is 1. The van der Waals surface area contributed by atoms with Gasteiger partial charge < -0.3 is 15.5 Å². The Balaban J connectivity index is 4.02. The predicted octanol–water partition coefficient (Wildman–Crippen LogP) is 1.00. The molecule has 0 saturated heterocycles. The summed E-state index contributed by atoms with van der Waals surface area (Å²) in [4.78, 5) is 32.4. The van der Waals surface area contributed by atoms with Gasteiger partial charge in [0.1, 0.15) is 6.04 Å². The molecule has 0 heterocycles. The molecule has 0 aromatic rings. The summed E-state index contributed by atoms with van der Waals surface area (Å²) >= 11 is 0. The third-order valence-corrected chi connectivity index (χ3v) is 2.29. The van der Waals surface area contributed by atoms with Crippen molar-refractivity contribution < 1.29 is 24.6 Å². The van der Waals surface area contributed by atoms with E-state index >= 15 is 0 Å². The van der Waals surface area contributed by atoms with Gasteiger partial charge in [-0.2, -0.15) is 0 Å². The average molecular weight is 245 g/mol. The van der Waals surface area contributed by atoms with E-state index in [9.17, 15) is 14.4 Å². The first kappa shape index (κ1) is 15.4. The van der Waals surface area contributed by atoms with Crippen molar-refractivity contribution in [3.8, 4) is 0 Å². The second-order valence-corrected chi connectivity index (χ2v) is 3.85. The number of carboxylic acids is 2. The standard InChI is InChI=1S/C11H19NO5/c1-2-3-4-5-9(13)12-8(11(16)17)6-7-10(14)15/h8H,2-7H2,1H3,(H,12,13)(H,14,15)(H,16,17)/t8-/m0/s1. The van der Waals surface area contributed by atoms with Gasteiger partial charge in [-0.15, -0.1) is 0 Å². The number of aliphatic carboxylic acids is 2. The maximum absolute atomic E-state index is 11.4. The van der Waals surface area contributed by atoms with E-state index in [2.05, 4.69) is 5.32 Å². The fourth-order valence-electron chi connectivity index (χ4n) is 1.33. The molecule has 6 heteroatoms. The van der Waals surface area contributed by atoms with E-state index in [0.717, 1.165) is 12.8 Å². The fourth-order valence-corrected chi connectivity index (χ4v) is 1.33. The van der Waals surface area contributed by atoms with Gasteiger partial charge in [-0.25, -0.2) is 4.79 Å². The lowest BCUT2D eigenvalue weighted by molar-refractivity contribution is -0.143. The van der Waals surface area contributed by atoms with Crippen LogP contribution in [-0.2, 0) is 14.4 Å². The molecule has 0 aliphatic carbocycles. The summed E-state index contributed by atoms with van der Waals surface area (Å²) < 4.78 is 0. The largest absolute Gasteiger partial charge is 0.481 e. The van der Waals surface area contributed by atoms with Crippen LogP contribution in [0.4, 0.5) is 0 Å². The van der Waals surface area contributed by atoms with Crippen LogP contribution >= 0.6 is 0 Å². The maximum atomic E-state index is 11.4. The number of rotatable bonds is 9. The van der Waals surface area contributed by atoms with Gasteiger partial charge >= 0.3 is 11.9 Å². The minimum atomic E-state index is -1.20. The van der Waals surface area contributed by atoms with Crippen LogP contribution in [0.3, 0.4) is 0 Å². The zero-order valence-electron chi connectivity index (χ0n) is 9.94. The van der Waals surface area contributed by atoms with Crippen LogP contribution in [0.1, 0.15) is 45.4 Å². The number of hydrogen-bond donors (Lipinski definition) is 3. The van der Waals surface area contributed by atoms with Crippen molar-refractivity contribution in [3.63, 3.8) is 0 Å². The van der Waals surface area contributed by atoms with Crippen LogP contribution in [0.25, 0.3) is 0 Å². The topological polar surface area (TPSA) is 104 Å². The SMILES string of the molecule is CCCCCC(=O)N[C@@H](CCC(=O)O)C(=O)O. The molecule has 3 N–H and O–H groups in total. The van der Waals surface area contributed by atoms with E-state index < -0.39 is 18.0 Å². The van der Waals surface area contributed by atoms with Gasteiger partial charge in [0, 0.05) is 12.8 Å². The quantitative estimate of drug-likeness (QED) is 0.526. The lowest BCUT2D eigenvalue weighted by atomic mass is 10.1. The molecule has 0 aromatic heterocycles. The molecule has 0 unspecified atom stereocenters. The van der Waals surface area contributed by atoms with Crippen molar-refractivity contribution >= 4 is 17.8 Å². The second-order valence-electron chi connectivity index (χ2n) is 3.85. The minimum Gasteiger partial charge on any atom is -0.481 e. The molecule has 0 aliphatic rings. The van der Waals surface area contributed by atoms with Crippen molar-refractivity contribution in [1.29, 1.82) is 0 Å². The van der Waals surface area contributed by atoms with E-state index in [0.29, 0.717) is 6.42 Å². The van der Waals surface area contributed by atoms with Crippen LogP contribution in [0.15, 0.2) is 0 Å². The normalized spacial score (nSPS) is 11.8. The van der Waals surface area contributed by atoms with E-state index in [4.69, 9.17) is 10.2 Å². The molecule has 0 saturated carbocycles. The predicted molar refractivity (Wildman–Crippen MR) is 60.6 cm³/mol. The first-order valence-electron chi connectivity index (χ1n) is 5.71. The Morgan fingerprint density at radius 2 is 1.76 bits per heavy atom. The number of carboxylic acid groups (broad SMARTS) is 2. The Bertz CT molecular complexity index is 277. The minimum absolute atomic E-state index is 0.0931. The van der Waals surface area contributed by atoms with Gasteiger partial charge in [-0.3, -0.25) is 9.59 Å². The number of carbonyl (C=O) groups excluding carboxylic acids is 1.